The fourth-order valence-corrected chi connectivity index (χ4v) is 5.40. The molecule has 9 heteroatoms. The number of anilines is 1. The molecule has 0 aliphatic rings. The molecule has 41 heavy (non-hydrogen) atoms. The Morgan fingerprint density at radius 3 is 2.22 bits per heavy atom. The van der Waals surface area contributed by atoms with Crippen molar-refractivity contribution < 1.29 is 22.8 Å². The van der Waals surface area contributed by atoms with Gasteiger partial charge in [-0.15, -0.1) is 0 Å². The number of nitrogens with one attached hydrogen (secondary N) is 1. The summed E-state index contributed by atoms with van der Waals surface area (Å²) in [6.45, 7) is 5.43. The van der Waals surface area contributed by atoms with Gasteiger partial charge in [0.15, 0.2) is 5.78 Å². The van der Waals surface area contributed by atoms with Crippen molar-refractivity contribution in [3.05, 3.63) is 101 Å². The van der Waals surface area contributed by atoms with Gasteiger partial charge in [-0.2, -0.15) is 0 Å². The molecule has 0 aliphatic heterocycles. The molecule has 0 unspecified atom stereocenters. The van der Waals surface area contributed by atoms with Crippen LogP contribution in [0.25, 0.3) is 0 Å². The van der Waals surface area contributed by atoms with Gasteiger partial charge in [0.1, 0.15) is 12.6 Å². The number of unbranched alkanes of at least 4 members (excludes halogenated alkanes) is 1. The number of carbonyl (C=O) groups is 3. The average molecular weight is 578 g/mol. The predicted molar refractivity (Wildman–Crippen MR) is 162 cm³/mol. The van der Waals surface area contributed by atoms with E-state index in [0.29, 0.717) is 12.1 Å². The summed E-state index contributed by atoms with van der Waals surface area (Å²) in [5.74, 6) is -1.05. The van der Waals surface area contributed by atoms with E-state index >= 15 is 0 Å². The van der Waals surface area contributed by atoms with Crippen LogP contribution in [0, 0.1) is 6.92 Å². The van der Waals surface area contributed by atoms with Gasteiger partial charge in [-0.25, -0.2) is 8.42 Å². The second-order valence-corrected chi connectivity index (χ2v) is 12.1. The maximum atomic E-state index is 14.1. The summed E-state index contributed by atoms with van der Waals surface area (Å²) < 4.78 is 26.9. The van der Waals surface area contributed by atoms with Crippen LogP contribution in [-0.2, 0) is 32.6 Å². The van der Waals surface area contributed by atoms with Crippen LogP contribution in [0.1, 0.15) is 53.7 Å². The number of nitrogens with zero attached hydrogens (tertiary/aromatic N) is 2. The van der Waals surface area contributed by atoms with Gasteiger partial charge >= 0.3 is 0 Å². The second-order valence-electron chi connectivity index (χ2n) is 10.2. The first-order valence-electron chi connectivity index (χ1n) is 13.7. The summed E-state index contributed by atoms with van der Waals surface area (Å²) in [6.07, 6.45) is 2.97. The van der Waals surface area contributed by atoms with Gasteiger partial charge < -0.3 is 10.2 Å². The van der Waals surface area contributed by atoms with Crippen molar-refractivity contribution in [2.45, 2.75) is 52.6 Å². The molecule has 0 fully saturated rings. The first-order chi connectivity index (χ1) is 19.5. The summed E-state index contributed by atoms with van der Waals surface area (Å²) in [7, 11) is -3.92. The first kappa shape index (κ1) is 31.5. The second kappa shape index (κ2) is 14.6. The van der Waals surface area contributed by atoms with E-state index in [4.69, 9.17) is 0 Å². The van der Waals surface area contributed by atoms with E-state index in [2.05, 4.69) is 5.32 Å². The van der Waals surface area contributed by atoms with E-state index < -0.39 is 28.5 Å². The molecule has 0 heterocycles. The maximum Gasteiger partial charge on any atom is 0.244 e. The highest BCUT2D eigenvalue weighted by Gasteiger charge is 2.33. The summed E-state index contributed by atoms with van der Waals surface area (Å²) in [4.78, 5) is 41.2. The van der Waals surface area contributed by atoms with Crippen molar-refractivity contribution in [2.24, 2.45) is 0 Å². The Bertz CT molecular complexity index is 1460. The Balaban J connectivity index is 2.05. The molecule has 0 spiro atoms. The minimum absolute atomic E-state index is 0.115. The first-order valence-corrected chi connectivity index (χ1v) is 15.6. The fraction of sp³-hybridized carbons (Fsp3) is 0.344. The predicted octanol–water partition coefficient (Wildman–Crippen LogP) is 4.52. The van der Waals surface area contributed by atoms with Gasteiger partial charge in [0, 0.05) is 25.1 Å². The van der Waals surface area contributed by atoms with Crippen LogP contribution in [0.15, 0.2) is 78.9 Å². The normalized spacial score (nSPS) is 11.9. The number of carbonyl (C=O) groups excluding carboxylic acids is 3. The number of benzene rings is 3. The van der Waals surface area contributed by atoms with Crippen molar-refractivity contribution >= 4 is 33.3 Å². The van der Waals surface area contributed by atoms with Gasteiger partial charge in [0.25, 0.3) is 0 Å². The van der Waals surface area contributed by atoms with Crippen LogP contribution in [0.2, 0.25) is 0 Å². The SMILES string of the molecule is CCCCNC(=O)[C@@H](Cc1ccccc1)N(Cc1cccc(C)c1)C(=O)CN(c1cccc(C(C)=O)c1)S(C)(=O)=O. The van der Waals surface area contributed by atoms with E-state index in [9.17, 15) is 22.8 Å². The Hall–Kier alpha value is -3.98. The standard InChI is InChI=1S/C32H39N3O5S/c1-5-6-18-33-32(38)30(20-26-13-8-7-9-14-26)34(22-27-15-10-12-24(2)19-27)31(37)23-35(41(4,39)40)29-17-11-16-28(21-29)25(3)36/h7-17,19,21,30H,5-6,18,20,22-23H2,1-4H3,(H,33,38)/t30-/m1/s1. The van der Waals surface area contributed by atoms with E-state index in [-0.39, 0.29) is 30.3 Å². The molecule has 218 valence electrons. The Morgan fingerprint density at radius 2 is 1.59 bits per heavy atom. The monoisotopic (exact) mass is 577 g/mol. The smallest absolute Gasteiger partial charge is 0.244 e. The molecule has 3 aromatic carbocycles. The summed E-state index contributed by atoms with van der Waals surface area (Å²) >= 11 is 0. The molecule has 0 aromatic heterocycles. The molecule has 8 nitrogen and oxygen atoms in total. The minimum atomic E-state index is -3.92. The van der Waals surface area contributed by atoms with Crippen molar-refractivity contribution in [3.8, 4) is 0 Å². The molecule has 1 atom stereocenters. The van der Waals surface area contributed by atoms with Crippen molar-refractivity contribution in [3.63, 3.8) is 0 Å². The van der Waals surface area contributed by atoms with Crippen LogP contribution in [0.5, 0.6) is 0 Å². The van der Waals surface area contributed by atoms with Crippen molar-refractivity contribution in [1.82, 2.24) is 10.2 Å². The van der Waals surface area contributed by atoms with Crippen molar-refractivity contribution in [1.29, 1.82) is 0 Å². The lowest BCUT2D eigenvalue weighted by Crippen LogP contribution is -2.53. The van der Waals surface area contributed by atoms with E-state index in [1.807, 2.05) is 68.4 Å². The highest BCUT2D eigenvalue weighted by Crippen LogP contribution is 2.22. The molecule has 0 aliphatic carbocycles. The van der Waals surface area contributed by atoms with Gasteiger partial charge in [-0.05, 0) is 43.5 Å². The molecule has 0 bridgehead atoms. The number of Topliss-reactive ketones (excluding diaryl/α,β-unsaturated/α-hetero) is 1. The topological polar surface area (TPSA) is 104 Å². The molecule has 0 saturated heterocycles. The lowest BCUT2D eigenvalue weighted by atomic mass is 10.0. The number of amides is 2. The molecule has 1 N–H and O–H groups in total. The van der Waals surface area contributed by atoms with Crippen LogP contribution >= 0.6 is 0 Å². The van der Waals surface area contributed by atoms with Gasteiger partial charge in [-0.1, -0.05) is 85.6 Å². The zero-order valence-electron chi connectivity index (χ0n) is 24.2. The molecular weight excluding hydrogens is 538 g/mol. The zero-order chi connectivity index (χ0) is 30.0. The van der Waals surface area contributed by atoms with Crippen LogP contribution in [0.4, 0.5) is 5.69 Å². The van der Waals surface area contributed by atoms with Gasteiger partial charge in [0.05, 0.1) is 11.9 Å². The Morgan fingerprint density at radius 1 is 0.902 bits per heavy atom. The third-order valence-corrected chi connectivity index (χ3v) is 7.90. The molecule has 3 aromatic rings. The Kier molecular flexibility index (Phi) is 11.2. The van der Waals surface area contributed by atoms with E-state index in [0.717, 1.165) is 40.1 Å². The number of ketones is 1. The summed E-state index contributed by atoms with van der Waals surface area (Å²) in [5.41, 5.74) is 3.23. The molecular formula is C32H39N3O5S. The number of sulfonamides is 1. The fourth-order valence-electron chi connectivity index (χ4n) is 4.56. The Labute approximate surface area is 243 Å². The average Bonchev–Trinajstić information content (AvgIpc) is 2.93. The van der Waals surface area contributed by atoms with Crippen molar-refractivity contribution in [2.75, 3.05) is 23.7 Å². The number of rotatable bonds is 14. The maximum absolute atomic E-state index is 14.1. The minimum Gasteiger partial charge on any atom is -0.354 e. The number of aryl methyl sites for hydroxylation is 1. The van der Waals surface area contributed by atoms with Crippen LogP contribution in [0.3, 0.4) is 0 Å². The molecule has 3 rings (SSSR count). The largest absolute Gasteiger partial charge is 0.354 e. The van der Waals surface area contributed by atoms with Gasteiger partial charge in [0.2, 0.25) is 21.8 Å². The highest BCUT2D eigenvalue weighted by molar-refractivity contribution is 7.92. The van der Waals surface area contributed by atoms with Crippen LogP contribution in [-0.4, -0.2) is 56.3 Å². The van der Waals surface area contributed by atoms with Crippen LogP contribution < -0.4 is 9.62 Å². The molecule has 0 saturated carbocycles. The lowest BCUT2D eigenvalue weighted by molar-refractivity contribution is -0.140. The zero-order valence-corrected chi connectivity index (χ0v) is 25.0. The number of hydrogen-bond acceptors (Lipinski definition) is 5. The quantitative estimate of drug-likeness (QED) is 0.224. The summed E-state index contributed by atoms with van der Waals surface area (Å²) in [6, 6.07) is 22.4. The van der Waals surface area contributed by atoms with E-state index in [1.54, 1.807) is 18.2 Å². The third-order valence-electron chi connectivity index (χ3n) is 6.76. The highest BCUT2D eigenvalue weighted by atomic mass is 32.2. The van der Waals surface area contributed by atoms with Gasteiger partial charge in [-0.3, -0.25) is 18.7 Å². The molecule has 0 radical (unpaired) electrons. The molecule has 2 amide bonds. The third kappa shape index (κ3) is 9.28. The van der Waals surface area contributed by atoms with E-state index in [1.165, 1.54) is 17.9 Å². The lowest BCUT2D eigenvalue weighted by Gasteiger charge is -2.33. The summed E-state index contributed by atoms with van der Waals surface area (Å²) in [5, 5.41) is 2.97. The number of hydrogen-bond donors (Lipinski definition) is 1.